The molecule has 6 nitrogen and oxygen atoms in total. The maximum Gasteiger partial charge on any atom is 0.127 e. The molecule has 7 heteroatoms. The van der Waals surface area contributed by atoms with E-state index in [0.29, 0.717) is 6.04 Å². The van der Waals surface area contributed by atoms with Gasteiger partial charge in [-0.25, -0.2) is 9.37 Å². The predicted octanol–water partition coefficient (Wildman–Crippen LogP) is 4.53. The summed E-state index contributed by atoms with van der Waals surface area (Å²) in [4.78, 5) is 23.3. The Morgan fingerprint density at radius 3 is 2.50 bits per heavy atom. The largest absolute Gasteiger partial charge is 0.378 e. The van der Waals surface area contributed by atoms with Gasteiger partial charge < -0.3 is 14.3 Å². The van der Waals surface area contributed by atoms with Gasteiger partial charge in [-0.2, -0.15) is 0 Å². The van der Waals surface area contributed by atoms with Crippen LogP contribution in [0, 0.1) is 11.2 Å². The Labute approximate surface area is 213 Å². The molecule has 190 valence electrons. The topological polar surface area (TPSA) is 44.6 Å². The van der Waals surface area contributed by atoms with Crippen LogP contribution >= 0.6 is 0 Å². The van der Waals surface area contributed by atoms with Crippen molar-refractivity contribution in [3.8, 4) is 0 Å². The fraction of sp³-hybridized carbons (Fsp3) is 0.448. The van der Waals surface area contributed by atoms with Crippen molar-refractivity contribution in [2.24, 2.45) is 5.41 Å². The van der Waals surface area contributed by atoms with Gasteiger partial charge >= 0.3 is 0 Å². The lowest BCUT2D eigenvalue weighted by atomic mass is 10.00. The summed E-state index contributed by atoms with van der Waals surface area (Å²) in [6, 6.07) is 16.1. The van der Waals surface area contributed by atoms with Gasteiger partial charge in [0.05, 0.1) is 18.1 Å². The molecular weight excluding hydrogens is 453 g/mol. The molecule has 3 aromatic rings. The standard InChI is InChI=1S/C29H36FN5O/c1-21(22-5-9-24(30)10-6-22)35-20-31-16-26(35)17-33-13-14-34(28-15-29(28,2)19-36)27(18-33)23-7-11-25(12-8-23)32(3)4/h5-12,16,19-21,27-28H,13-15,17-18H2,1-4H3/t21-,27?,28?,29?/m1/s1. The minimum absolute atomic E-state index is 0.0681. The molecule has 0 radical (unpaired) electrons. The zero-order chi connectivity index (χ0) is 25.4. The Hall–Kier alpha value is -3.03. The minimum atomic E-state index is -0.229. The molecule has 1 aromatic heterocycles. The second-order valence-corrected chi connectivity index (χ2v) is 10.8. The summed E-state index contributed by atoms with van der Waals surface area (Å²) in [6.45, 7) is 7.76. The third-order valence-corrected chi connectivity index (χ3v) is 8.11. The second-order valence-electron chi connectivity index (χ2n) is 10.8. The van der Waals surface area contributed by atoms with E-state index in [9.17, 15) is 9.18 Å². The summed E-state index contributed by atoms with van der Waals surface area (Å²) in [5, 5.41) is 0. The molecule has 1 aliphatic heterocycles. The molecule has 1 aliphatic carbocycles. The number of aromatic nitrogens is 2. The van der Waals surface area contributed by atoms with Gasteiger partial charge in [-0.3, -0.25) is 9.80 Å². The Kier molecular flexibility index (Phi) is 6.70. The van der Waals surface area contributed by atoms with Crippen LogP contribution in [-0.4, -0.2) is 65.4 Å². The molecule has 1 saturated heterocycles. The van der Waals surface area contributed by atoms with Crippen LogP contribution in [0.3, 0.4) is 0 Å². The highest BCUT2D eigenvalue weighted by Crippen LogP contribution is 2.50. The van der Waals surface area contributed by atoms with Gasteiger partial charge in [0.1, 0.15) is 12.1 Å². The van der Waals surface area contributed by atoms with Crippen LogP contribution in [-0.2, 0) is 11.3 Å². The number of aldehydes is 1. The third kappa shape index (κ3) is 4.82. The number of imidazole rings is 1. The van der Waals surface area contributed by atoms with Gasteiger partial charge in [-0.15, -0.1) is 0 Å². The van der Waals surface area contributed by atoms with Gasteiger partial charge in [0.25, 0.3) is 0 Å². The molecule has 36 heavy (non-hydrogen) atoms. The average molecular weight is 490 g/mol. The molecule has 2 fully saturated rings. The summed E-state index contributed by atoms with van der Waals surface area (Å²) < 4.78 is 15.6. The average Bonchev–Trinajstić information content (AvgIpc) is 3.35. The van der Waals surface area contributed by atoms with Crippen LogP contribution in [0.15, 0.2) is 61.1 Å². The van der Waals surface area contributed by atoms with Gasteiger partial charge in [-0.1, -0.05) is 31.2 Å². The second kappa shape index (κ2) is 9.79. The smallest absolute Gasteiger partial charge is 0.127 e. The zero-order valence-electron chi connectivity index (χ0n) is 21.6. The van der Waals surface area contributed by atoms with Crippen LogP contribution < -0.4 is 4.90 Å². The van der Waals surface area contributed by atoms with Gasteiger partial charge in [0.15, 0.2) is 0 Å². The number of halogens is 1. The highest BCUT2D eigenvalue weighted by atomic mass is 19.1. The van der Waals surface area contributed by atoms with Crippen molar-refractivity contribution in [2.45, 2.75) is 44.9 Å². The normalized spacial score (nSPS) is 25.5. The van der Waals surface area contributed by atoms with Crippen molar-refractivity contribution in [3.63, 3.8) is 0 Å². The molecule has 0 amide bonds. The monoisotopic (exact) mass is 489 g/mol. The maximum atomic E-state index is 13.4. The molecule has 4 atom stereocenters. The molecule has 0 bridgehead atoms. The van der Waals surface area contributed by atoms with Crippen molar-refractivity contribution in [1.82, 2.24) is 19.4 Å². The number of hydrogen-bond acceptors (Lipinski definition) is 5. The van der Waals surface area contributed by atoms with Crippen LogP contribution in [0.1, 0.15) is 49.2 Å². The van der Waals surface area contributed by atoms with Crippen molar-refractivity contribution >= 4 is 12.0 Å². The van der Waals surface area contributed by atoms with E-state index >= 15 is 0 Å². The van der Waals surface area contributed by atoms with Crippen LogP contribution in [0.2, 0.25) is 0 Å². The Morgan fingerprint density at radius 2 is 1.86 bits per heavy atom. The Balaban J connectivity index is 1.36. The molecule has 2 aliphatic rings. The fourth-order valence-electron chi connectivity index (χ4n) is 5.58. The number of benzene rings is 2. The van der Waals surface area contributed by atoms with Crippen molar-refractivity contribution in [3.05, 3.63) is 83.7 Å². The molecule has 0 N–H and O–H groups in total. The third-order valence-electron chi connectivity index (χ3n) is 8.11. The van der Waals surface area contributed by atoms with E-state index in [4.69, 9.17) is 0 Å². The number of hydrogen-bond donors (Lipinski definition) is 0. The van der Waals surface area contributed by atoms with E-state index in [1.54, 1.807) is 0 Å². The lowest BCUT2D eigenvalue weighted by molar-refractivity contribution is -0.112. The van der Waals surface area contributed by atoms with Gasteiger partial charge in [0.2, 0.25) is 0 Å². The van der Waals surface area contributed by atoms with Crippen LogP contribution in [0.5, 0.6) is 0 Å². The summed E-state index contributed by atoms with van der Waals surface area (Å²) in [5.41, 5.74) is 4.44. The number of carbonyl (C=O) groups excluding carboxylic acids is 1. The molecule has 2 aromatic carbocycles. The molecule has 2 heterocycles. The van der Waals surface area contributed by atoms with E-state index in [0.717, 1.165) is 50.1 Å². The Morgan fingerprint density at radius 1 is 1.14 bits per heavy atom. The SMILES string of the molecule is C[C@H](c1ccc(F)cc1)n1cncc1CN1CCN(C2CC2(C)C=O)C(c2ccc(N(C)C)cc2)C1. The van der Waals surface area contributed by atoms with Crippen LogP contribution in [0.4, 0.5) is 10.1 Å². The van der Waals surface area contributed by atoms with Crippen LogP contribution in [0.25, 0.3) is 0 Å². The fourth-order valence-corrected chi connectivity index (χ4v) is 5.58. The highest BCUT2D eigenvalue weighted by molar-refractivity contribution is 5.65. The van der Waals surface area contributed by atoms with E-state index < -0.39 is 0 Å². The number of piperazine rings is 1. The highest BCUT2D eigenvalue weighted by Gasteiger charge is 2.55. The van der Waals surface area contributed by atoms with E-state index in [2.05, 4.69) is 76.5 Å². The lowest BCUT2D eigenvalue weighted by Crippen LogP contribution is -2.50. The molecule has 5 rings (SSSR count). The first kappa shape index (κ1) is 24.7. The Bertz CT molecular complexity index is 1190. The number of rotatable bonds is 8. The first-order valence-electron chi connectivity index (χ1n) is 12.8. The minimum Gasteiger partial charge on any atom is -0.378 e. The predicted molar refractivity (Wildman–Crippen MR) is 141 cm³/mol. The maximum absolute atomic E-state index is 13.4. The van der Waals surface area contributed by atoms with Gasteiger partial charge in [0, 0.05) is 69.7 Å². The van der Waals surface area contributed by atoms with E-state index in [1.807, 2.05) is 24.7 Å². The number of anilines is 1. The summed E-state index contributed by atoms with van der Waals surface area (Å²) in [7, 11) is 4.11. The molecule has 0 spiro atoms. The summed E-state index contributed by atoms with van der Waals surface area (Å²) >= 11 is 0. The first-order valence-corrected chi connectivity index (χ1v) is 12.8. The molecule has 1 saturated carbocycles. The summed E-state index contributed by atoms with van der Waals surface area (Å²) in [5.74, 6) is -0.222. The molecule has 3 unspecified atom stereocenters. The van der Waals surface area contributed by atoms with Crippen molar-refractivity contribution in [2.75, 3.05) is 38.6 Å². The number of nitrogens with zero attached hydrogens (tertiary/aromatic N) is 5. The van der Waals surface area contributed by atoms with Crippen molar-refractivity contribution in [1.29, 1.82) is 0 Å². The van der Waals surface area contributed by atoms with Crippen molar-refractivity contribution < 1.29 is 9.18 Å². The lowest BCUT2D eigenvalue weighted by Gasteiger charge is -2.42. The first-order chi connectivity index (χ1) is 17.3. The van der Waals surface area contributed by atoms with E-state index in [1.165, 1.54) is 23.4 Å². The summed E-state index contributed by atoms with van der Waals surface area (Å²) in [6.07, 6.45) is 5.89. The number of carbonyl (C=O) groups is 1. The van der Waals surface area contributed by atoms with Gasteiger partial charge in [-0.05, 0) is 48.7 Å². The molecular formula is C29H36FN5O. The quantitative estimate of drug-likeness (QED) is 0.435. The zero-order valence-corrected chi connectivity index (χ0v) is 21.6. The van der Waals surface area contributed by atoms with E-state index in [-0.39, 0.29) is 23.3 Å².